The summed E-state index contributed by atoms with van der Waals surface area (Å²) in [5.74, 6) is 1.12. The fourth-order valence-corrected chi connectivity index (χ4v) is 6.13. The summed E-state index contributed by atoms with van der Waals surface area (Å²) < 4.78 is 29.3. The monoisotopic (exact) mass is 507 g/mol. The Balaban J connectivity index is 1.19. The first kappa shape index (κ1) is 23.0. The van der Waals surface area contributed by atoms with E-state index in [0.717, 1.165) is 46.2 Å². The molecule has 37 heavy (non-hydrogen) atoms. The Labute approximate surface area is 215 Å². The zero-order valence-electron chi connectivity index (χ0n) is 20.2. The molecule has 0 unspecified atom stereocenters. The van der Waals surface area contributed by atoms with Gasteiger partial charge in [-0.3, -0.25) is 4.72 Å². The number of hydrogen-bond donors (Lipinski definition) is 3. The highest BCUT2D eigenvalue weighted by atomic mass is 32.2. The van der Waals surface area contributed by atoms with E-state index >= 15 is 0 Å². The van der Waals surface area contributed by atoms with Crippen LogP contribution in [0.15, 0.2) is 95.9 Å². The summed E-state index contributed by atoms with van der Waals surface area (Å²) >= 11 is 0. The molecule has 7 nitrogen and oxygen atoms in total. The third kappa shape index (κ3) is 4.71. The van der Waals surface area contributed by atoms with Gasteiger partial charge in [0.1, 0.15) is 5.82 Å². The van der Waals surface area contributed by atoms with Gasteiger partial charge in [0, 0.05) is 28.8 Å². The molecule has 6 rings (SSSR count). The summed E-state index contributed by atoms with van der Waals surface area (Å²) in [4.78, 5) is 9.36. The van der Waals surface area contributed by atoms with Crippen molar-refractivity contribution in [2.24, 2.45) is 0 Å². The van der Waals surface area contributed by atoms with E-state index < -0.39 is 10.0 Å². The Morgan fingerprint density at radius 3 is 2.30 bits per heavy atom. The maximum atomic E-state index is 13.3. The maximum Gasteiger partial charge on any atom is 0.262 e. The van der Waals surface area contributed by atoms with Gasteiger partial charge in [-0.1, -0.05) is 42.5 Å². The predicted molar refractivity (Wildman–Crippen MR) is 148 cm³/mol. The Hall–Kier alpha value is -4.43. The fraction of sp³-hybridized carbons (Fsp3) is 0.103. The Morgan fingerprint density at radius 1 is 0.730 bits per heavy atom. The number of benzene rings is 4. The van der Waals surface area contributed by atoms with Crippen LogP contribution in [0.3, 0.4) is 0 Å². The number of aromatic nitrogens is 2. The van der Waals surface area contributed by atoms with Crippen LogP contribution in [0, 0.1) is 6.92 Å². The van der Waals surface area contributed by atoms with Crippen molar-refractivity contribution < 1.29 is 8.42 Å². The molecule has 0 aliphatic heterocycles. The molecule has 0 saturated heterocycles. The van der Waals surface area contributed by atoms with Crippen LogP contribution in [-0.4, -0.2) is 18.4 Å². The average Bonchev–Trinajstić information content (AvgIpc) is 3.31. The molecular formula is C29H25N5O2S. The standard InChI is InChI=1S/C29H25N5O2S/c1-19-18-27(31-22-8-3-2-4-9-22)33-29(30-19)32-23-12-14-24(15-13-23)34-37(35,36)26-17-11-21-7-5-6-20-10-16-25(26)28(20)21/h2-9,11-15,17-18,34H,10,16H2,1H3,(H2,30,31,32,33). The van der Waals surface area contributed by atoms with Crippen LogP contribution in [-0.2, 0) is 22.9 Å². The Bertz CT molecular complexity index is 1720. The summed E-state index contributed by atoms with van der Waals surface area (Å²) in [6.45, 7) is 1.90. The maximum absolute atomic E-state index is 13.3. The lowest BCUT2D eigenvalue weighted by Gasteiger charge is -2.13. The number of aryl methyl sites for hydroxylation is 3. The molecule has 184 valence electrons. The first-order chi connectivity index (χ1) is 17.9. The second-order valence-electron chi connectivity index (χ2n) is 9.07. The van der Waals surface area contributed by atoms with Crippen LogP contribution < -0.4 is 15.4 Å². The molecule has 4 aromatic carbocycles. The minimum atomic E-state index is -3.73. The number of sulfonamides is 1. The van der Waals surface area contributed by atoms with Gasteiger partial charge in [-0.05, 0) is 84.1 Å². The van der Waals surface area contributed by atoms with E-state index in [0.29, 0.717) is 22.3 Å². The lowest BCUT2D eigenvalue weighted by Crippen LogP contribution is -2.14. The van der Waals surface area contributed by atoms with E-state index in [1.54, 1.807) is 30.3 Å². The van der Waals surface area contributed by atoms with Gasteiger partial charge in [-0.25, -0.2) is 13.4 Å². The molecule has 3 N–H and O–H groups in total. The van der Waals surface area contributed by atoms with Crippen LogP contribution in [0.2, 0.25) is 0 Å². The highest BCUT2D eigenvalue weighted by Gasteiger charge is 2.25. The SMILES string of the molecule is Cc1cc(Nc2ccccc2)nc(Nc2ccc(NS(=O)(=O)c3ccc4cccc5c4c3CC5)cc2)n1. The summed E-state index contributed by atoms with van der Waals surface area (Å²) in [6.07, 6.45) is 1.59. The molecule has 0 saturated carbocycles. The Kier molecular flexibility index (Phi) is 5.73. The van der Waals surface area contributed by atoms with Crippen molar-refractivity contribution >= 4 is 49.6 Å². The highest BCUT2D eigenvalue weighted by Crippen LogP contribution is 2.35. The fourth-order valence-electron chi connectivity index (χ4n) is 4.80. The van der Waals surface area contributed by atoms with Gasteiger partial charge in [0.2, 0.25) is 5.95 Å². The van der Waals surface area contributed by atoms with Gasteiger partial charge in [-0.15, -0.1) is 0 Å². The van der Waals surface area contributed by atoms with Crippen molar-refractivity contribution in [3.05, 3.63) is 108 Å². The highest BCUT2D eigenvalue weighted by molar-refractivity contribution is 7.92. The van der Waals surface area contributed by atoms with Crippen molar-refractivity contribution in [3.63, 3.8) is 0 Å². The third-order valence-corrected chi connectivity index (χ3v) is 7.89. The normalized spacial score (nSPS) is 12.5. The Morgan fingerprint density at radius 2 is 1.49 bits per heavy atom. The van der Waals surface area contributed by atoms with E-state index in [1.165, 1.54) is 5.56 Å². The summed E-state index contributed by atoms with van der Waals surface area (Å²) in [5, 5.41) is 8.63. The third-order valence-electron chi connectivity index (χ3n) is 6.42. The average molecular weight is 508 g/mol. The zero-order chi connectivity index (χ0) is 25.4. The van der Waals surface area contributed by atoms with Gasteiger partial charge in [0.25, 0.3) is 10.0 Å². The summed E-state index contributed by atoms with van der Waals surface area (Å²) in [5.41, 5.74) is 5.08. The molecule has 0 bridgehead atoms. The number of para-hydroxylation sites is 1. The first-order valence-electron chi connectivity index (χ1n) is 12.1. The molecule has 0 fully saturated rings. The quantitative estimate of drug-likeness (QED) is 0.238. The number of nitrogens with one attached hydrogen (secondary N) is 3. The van der Waals surface area contributed by atoms with Crippen LogP contribution in [0.1, 0.15) is 16.8 Å². The van der Waals surface area contributed by atoms with Crippen LogP contribution >= 0.6 is 0 Å². The molecule has 1 aromatic heterocycles. The second kappa shape index (κ2) is 9.22. The van der Waals surface area contributed by atoms with Crippen molar-refractivity contribution in [3.8, 4) is 0 Å². The van der Waals surface area contributed by atoms with Gasteiger partial charge in [0.05, 0.1) is 4.90 Å². The lowest BCUT2D eigenvalue weighted by molar-refractivity contribution is 0.600. The largest absolute Gasteiger partial charge is 0.340 e. The molecule has 0 atom stereocenters. The smallest absolute Gasteiger partial charge is 0.262 e. The minimum absolute atomic E-state index is 0.346. The van der Waals surface area contributed by atoms with Crippen molar-refractivity contribution in [2.45, 2.75) is 24.7 Å². The summed E-state index contributed by atoms with van der Waals surface area (Å²) in [7, 11) is -3.73. The molecule has 0 spiro atoms. The molecule has 1 heterocycles. The number of hydrogen-bond acceptors (Lipinski definition) is 6. The van der Waals surface area contributed by atoms with E-state index in [4.69, 9.17) is 0 Å². The molecule has 0 radical (unpaired) electrons. The molecule has 5 aromatic rings. The van der Waals surface area contributed by atoms with Crippen LogP contribution in [0.25, 0.3) is 10.8 Å². The van der Waals surface area contributed by atoms with Crippen LogP contribution in [0.5, 0.6) is 0 Å². The van der Waals surface area contributed by atoms with E-state index in [9.17, 15) is 8.42 Å². The van der Waals surface area contributed by atoms with E-state index in [2.05, 4.69) is 31.4 Å². The number of anilines is 5. The van der Waals surface area contributed by atoms with Crippen molar-refractivity contribution in [1.29, 1.82) is 0 Å². The zero-order valence-corrected chi connectivity index (χ0v) is 21.0. The molecular weight excluding hydrogens is 482 g/mol. The first-order valence-corrected chi connectivity index (χ1v) is 13.5. The van der Waals surface area contributed by atoms with Crippen LogP contribution in [0.4, 0.5) is 28.8 Å². The van der Waals surface area contributed by atoms with Gasteiger partial charge in [-0.2, -0.15) is 4.98 Å². The van der Waals surface area contributed by atoms with Gasteiger partial charge in [0.15, 0.2) is 0 Å². The lowest BCUT2D eigenvalue weighted by atomic mass is 10.1. The topological polar surface area (TPSA) is 96.0 Å². The molecule has 0 amide bonds. The number of nitrogens with zero attached hydrogens (tertiary/aromatic N) is 2. The molecule has 8 heteroatoms. The summed E-state index contributed by atoms with van der Waals surface area (Å²) in [6, 6.07) is 28.4. The molecule has 1 aliphatic rings. The van der Waals surface area contributed by atoms with Gasteiger partial charge < -0.3 is 10.6 Å². The second-order valence-corrected chi connectivity index (χ2v) is 10.7. The minimum Gasteiger partial charge on any atom is -0.340 e. The van der Waals surface area contributed by atoms with Gasteiger partial charge >= 0.3 is 0 Å². The van der Waals surface area contributed by atoms with E-state index in [-0.39, 0.29) is 0 Å². The number of rotatable bonds is 7. The predicted octanol–water partition coefficient (Wildman–Crippen LogP) is 6.32. The molecule has 1 aliphatic carbocycles. The van der Waals surface area contributed by atoms with Crippen molar-refractivity contribution in [1.82, 2.24) is 9.97 Å². The van der Waals surface area contributed by atoms with Crippen molar-refractivity contribution in [2.75, 3.05) is 15.4 Å². The van der Waals surface area contributed by atoms with E-state index in [1.807, 2.05) is 61.5 Å².